The Morgan fingerprint density at radius 3 is 2.84 bits per heavy atom. The molecule has 1 aromatic heterocycles. The molecular weight excluding hydrogens is 328 g/mol. The molecule has 0 radical (unpaired) electrons. The zero-order valence-electron chi connectivity index (χ0n) is 14.1. The standard InChI is InChI=1S/C19H19F2NO3/c1-3-24-19(23)17-9-15(13-6-4-11(2)8-16(13)21)14-7-5-12(10-20)25-18(14)22-17/h4,6,8-9,12H,3,5,7,10H2,1-2H3. The predicted octanol–water partition coefficient (Wildman–Crippen LogP) is 4.04. The van der Waals surface area contributed by atoms with Gasteiger partial charge in [-0.25, -0.2) is 18.6 Å². The molecule has 1 aromatic carbocycles. The Balaban J connectivity index is 2.15. The maximum absolute atomic E-state index is 14.5. The lowest BCUT2D eigenvalue weighted by Crippen LogP contribution is -2.26. The van der Waals surface area contributed by atoms with Crippen LogP contribution in [0.15, 0.2) is 24.3 Å². The summed E-state index contributed by atoms with van der Waals surface area (Å²) >= 11 is 0. The summed E-state index contributed by atoms with van der Waals surface area (Å²) in [5.41, 5.74) is 2.39. The molecule has 6 heteroatoms. The van der Waals surface area contributed by atoms with Gasteiger partial charge in [-0.15, -0.1) is 0 Å². The third-order valence-corrected chi connectivity index (χ3v) is 4.15. The summed E-state index contributed by atoms with van der Waals surface area (Å²) in [5, 5.41) is 0. The van der Waals surface area contributed by atoms with Crippen LogP contribution in [-0.4, -0.2) is 30.3 Å². The van der Waals surface area contributed by atoms with Crippen molar-refractivity contribution in [1.82, 2.24) is 4.98 Å². The Labute approximate surface area is 144 Å². The van der Waals surface area contributed by atoms with Gasteiger partial charge in [0, 0.05) is 11.1 Å². The minimum absolute atomic E-state index is 0.0232. The number of benzene rings is 1. The number of halogens is 2. The summed E-state index contributed by atoms with van der Waals surface area (Å²) in [7, 11) is 0. The highest BCUT2D eigenvalue weighted by Crippen LogP contribution is 2.36. The number of rotatable bonds is 4. The average molecular weight is 347 g/mol. The molecular formula is C19H19F2NO3. The molecule has 1 aliphatic rings. The van der Waals surface area contributed by atoms with Gasteiger partial charge in [0.15, 0.2) is 5.69 Å². The Morgan fingerprint density at radius 1 is 1.36 bits per heavy atom. The summed E-state index contributed by atoms with van der Waals surface area (Å²) in [6.07, 6.45) is 0.376. The zero-order valence-corrected chi connectivity index (χ0v) is 14.1. The summed E-state index contributed by atoms with van der Waals surface area (Å²) in [4.78, 5) is 16.3. The second kappa shape index (κ2) is 7.17. The minimum Gasteiger partial charge on any atom is -0.471 e. The Morgan fingerprint density at radius 2 is 2.16 bits per heavy atom. The Kier molecular flexibility index (Phi) is 4.97. The molecule has 0 bridgehead atoms. The summed E-state index contributed by atoms with van der Waals surface area (Å²) in [6, 6.07) is 6.41. The van der Waals surface area contributed by atoms with Crippen molar-refractivity contribution >= 4 is 5.97 Å². The first-order valence-corrected chi connectivity index (χ1v) is 8.23. The van der Waals surface area contributed by atoms with Crippen molar-refractivity contribution in [2.45, 2.75) is 32.8 Å². The molecule has 0 fully saturated rings. The topological polar surface area (TPSA) is 48.4 Å². The van der Waals surface area contributed by atoms with Gasteiger partial charge in [-0.05, 0) is 49.9 Å². The molecule has 1 aliphatic heterocycles. The molecule has 0 aliphatic carbocycles. The Bertz CT molecular complexity index is 807. The van der Waals surface area contributed by atoms with Crippen molar-refractivity contribution in [2.24, 2.45) is 0 Å². The predicted molar refractivity (Wildman–Crippen MR) is 89.0 cm³/mol. The van der Waals surface area contributed by atoms with Gasteiger partial charge in [-0.3, -0.25) is 0 Å². The van der Waals surface area contributed by atoms with Crippen molar-refractivity contribution < 1.29 is 23.0 Å². The Hall–Kier alpha value is -2.50. The first kappa shape index (κ1) is 17.3. The van der Waals surface area contributed by atoms with Crippen LogP contribution in [0.5, 0.6) is 5.88 Å². The molecule has 0 spiro atoms. The lowest BCUT2D eigenvalue weighted by atomic mass is 9.93. The number of nitrogens with zero attached hydrogens (tertiary/aromatic N) is 1. The van der Waals surface area contributed by atoms with E-state index in [1.807, 2.05) is 0 Å². The monoisotopic (exact) mass is 347 g/mol. The van der Waals surface area contributed by atoms with Crippen LogP contribution in [0.1, 0.15) is 35.0 Å². The molecule has 1 unspecified atom stereocenters. The van der Waals surface area contributed by atoms with E-state index in [0.717, 1.165) is 5.56 Å². The number of hydrogen-bond acceptors (Lipinski definition) is 4. The number of esters is 1. The van der Waals surface area contributed by atoms with E-state index in [2.05, 4.69) is 4.98 Å². The SMILES string of the molecule is CCOC(=O)c1cc(-c2ccc(C)cc2F)c2c(n1)OC(CF)CC2. The summed E-state index contributed by atoms with van der Waals surface area (Å²) < 4.78 is 38.0. The number of alkyl halides is 1. The van der Waals surface area contributed by atoms with Crippen molar-refractivity contribution in [3.8, 4) is 17.0 Å². The van der Waals surface area contributed by atoms with E-state index in [1.165, 1.54) is 12.1 Å². The second-order valence-corrected chi connectivity index (χ2v) is 5.98. The molecule has 0 saturated carbocycles. The number of hydrogen-bond donors (Lipinski definition) is 0. The van der Waals surface area contributed by atoms with Gasteiger partial charge >= 0.3 is 5.97 Å². The van der Waals surface area contributed by atoms with E-state index < -0.39 is 24.6 Å². The average Bonchev–Trinajstić information content (AvgIpc) is 2.60. The van der Waals surface area contributed by atoms with Crippen LogP contribution in [0.3, 0.4) is 0 Å². The normalized spacial score (nSPS) is 16.1. The number of ether oxygens (including phenoxy) is 2. The van der Waals surface area contributed by atoms with Crippen LogP contribution in [0.4, 0.5) is 8.78 Å². The third kappa shape index (κ3) is 3.48. The van der Waals surface area contributed by atoms with E-state index in [9.17, 15) is 13.6 Å². The van der Waals surface area contributed by atoms with Gasteiger partial charge in [-0.1, -0.05) is 12.1 Å². The fourth-order valence-electron chi connectivity index (χ4n) is 2.91. The quantitative estimate of drug-likeness (QED) is 0.784. The zero-order chi connectivity index (χ0) is 18.0. The smallest absolute Gasteiger partial charge is 0.357 e. The van der Waals surface area contributed by atoms with Crippen molar-refractivity contribution in [3.05, 3.63) is 46.9 Å². The molecule has 2 aromatic rings. The number of aryl methyl sites for hydroxylation is 1. The molecule has 1 atom stereocenters. The van der Waals surface area contributed by atoms with E-state index in [0.29, 0.717) is 29.5 Å². The molecule has 2 heterocycles. The van der Waals surface area contributed by atoms with Crippen molar-refractivity contribution in [2.75, 3.05) is 13.3 Å². The van der Waals surface area contributed by atoms with Crippen molar-refractivity contribution in [3.63, 3.8) is 0 Å². The lowest BCUT2D eigenvalue weighted by molar-refractivity contribution is 0.0516. The first-order chi connectivity index (χ1) is 12.0. The summed E-state index contributed by atoms with van der Waals surface area (Å²) in [5.74, 6) is -0.838. The van der Waals surface area contributed by atoms with Gasteiger partial charge in [-0.2, -0.15) is 0 Å². The van der Waals surface area contributed by atoms with E-state index in [-0.39, 0.29) is 18.2 Å². The van der Waals surface area contributed by atoms with E-state index in [4.69, 9.17) is 9.47 Å². The van der Waals surface area contributed by atoms with Gasteiger partial charge in [0.05, 0.1) is 6.61 Å². The molecule has 132 valence electrons. The number of aromatic nitrogens is 1. The third-order valence-electron chi connectivity index (χ3n) is 4.15. The van der Waals surface area contributed by atoms with Crippen LogP contribution < -0.4 is 4.74 Å². The maximum atomic E-state index is 14.5. The number of carbonyl (C=O) groups excluding carboxylic acids is 1. The van der Waals surface area contributed by atoms with Gasteiger partial charge in [0.1, 0.15) is 18.6 Å². The highest BCUT2D eigenvalue weighted by atomic mass is 19.1. The summed E-state index contributed by atoms with van der Waals surface area (Å²) in [6.45, 7) is 3.04. The van der Waals surface area contributed by atoms with Crippen LogP contribution in [0.25, 0.3) is 11.1 Å². The number of fused-ring (bicyclic) bond motifs is 1. The van der Waals surface area contributed by atoms with E-state index in [1.54, 1.807) is 26.0 Å². The molecule has 0 saturated heterocycles. The molecule has 25 heavy (non-hydrogen) atoms. The lowest BCUT2D eigenvalue weighted by Gasteiger charge is -2.25. The van der Waals surface area contributed by atoms with Crippen molar-refractivity contribution in [1.29, 1.82) is 0 Å². The highest BCUT2D eigenvalue weighted by molar-refractivity contribution is 5.90. The van der Waals surface area contributed by atoms with Crippen LogP contribution in [-0.2, 0) is 11.2 Å². The van der Waals surface area contributed by atoms with E-state index >= 15 is 0 Å². The largest absolute Gasteiger partial charge is 0.471 e. The van der Waals surface area contributed by atoms with Gasteiger partial charge in [0.2, 0.25) is 5.88 Å². The second-order valence-electron chi connectivity index (χ2n) is 5.98. The molecule has 0 N–H and O–H groups in total. The highest BCUT2D eigenvalue weighted by Gasteiger charge is 2.27. The van der Waals surface area contributed by atoms with Gasteiger partial charge in [0.25, 0.3) is 0 Å². The fraction of sp³-hybridized carbons (Fsp3) is 0.368. The van der Waals surface area contributed by atoms with Crippen LogP contribution in [0, 0.1) is 12.7 Å². The fourth-order valence-corrected chi connectivity index (χ4v) is 2.91. The number of pyridine rings is 1. The first-order valence-electron chi connectivity index (χ1n) is 8.23. The van der Waals surface area contributed by atoms with Crippen LogP contribution in [0.2, 0.25) is 0 Å². The molecule has 4 nitrogen and oxygen atoms in total. The minimum atomic E-state index is -0.640. The molecule has 3 rings (SSSR count). The maximum Gasteiger partial charge on any atom is 0.357 e. The van der Waals surface area contributed by atoms with Gasteiger partial charge < -0.3 is 9.47 Å². The number of carbonyl (C=O) groups is 1. The van der Waals surface area contributed by atoms with Crippen LogP contribution >= 0.6 is 0 Å². The molecule has 0 amide bonds.